The van der Waals surface area contributed by atoms with Crippen molar-refractivity contribution in [3.8, 4) is 0 Å². The molecule has 24 heavy (non-hydrogen) atoms. The fourth-order valence-electron chi connectivity index (χ4n) is 2.85. The van der Waals surface area contributed by atoms with Crippen LogP contribution in [0.3, 0.4) is 0 Å². The Morgan fingerprint density at radius 1 is 1.33 bits per heavy atom. The molecule has 1 aromatic carbocycles. The number of amides is 3. The number of rotatable bonds is 4. The Kier molecular flexibility index (Phi) is 4.94. The van der Waals surface area contributed by atoms with Crippen LogP contribution in [0, 0.1) is 0 Å². The maximum atomic E-state index is 12.9. The molecule has 0 aromatic heterocycles. The molecule has 0 fully saturated rings. The number of carbonyl (C=O) groups excluding carboxylic acids is 4. The minimum absolute atomic E-state index is 0.0844. The molecule has 2 rings (SSSR count). The second kappa shape index (κ2) is 6.60. The van der Waals surface area contributed by atoms with Gasteiger partial charge in [0, 0.05) is 24.2 Å². The molecule has 0 spiro atoms. The van der Waals surface area contributed by atoms with Crippen molar-refractivity contribution < 1.29 is 23.9 Å². The number of methoxy groups -OCH3 is 1. The van der Waals surface area contributed by atoms with E-state index in [1.807, 2.05) is 0 Å². The number of nitrogens with zero attached hydrogens (tertiary/aromatic N) is 1. The van der Waals surface area contributed by atoms with E-state index in [1.54, 1.807) is 6.92 Å². The van der Waals surface area contributed by atoms with Crippen LogP contribution in [-0.2, 0) is 24.5 Å². The van der Waals surface area contributed by atoms with Crippen molar-refractivity contribution in [1.82, 2.24) is 10.2 Å². The Balaban J connectivity index is 2.76. The van der Waals surface area contributed by atoms with Gasteiger partial charge in [0.15, 0.2) is 5.41 Å². The predicted molar refractivity (Wildman–Crippen MR) is 85.5 cm³/mol. The van der Waals surface area contributed by atoms with Crippen molar-refractivity contribution in [2.75, 3.05) is 20.7 Å². The maximum Gasteiger partial charge on any atom is 0.326 e. The number of esters is 1. The summed E-state index contributed by atoms with van der Waals surface area (Å²) in [6, 6.07) is 4.27. The molecule has 1 heterocycles. The topological polar surface area (TPSA) is 92.8 Å². The van der Waals surface area contributed by atoms with Crippen molar-refractivity contribution >= 4 is 35.3 Å². The van der Waals surface area contributed by atoms with Crippen molar-refractivity contribution in [2.45, 2.75) is 18.8 Å². The molecular formula is C16H17ClN2O5. The highest BCUT2D eigenvalue weighted by Gasteiger charge is 2.57. The van der Waals surface area contributed by atoms with Gasteiger partial charge in [-0.05, 0) is 30.7 Å². The highest BCUT2D eigenvalue weighted by molar-refractivity contribution is 6.31. The zero-order valence-electron chi connectivity index (χ0n) is 13.5. The lowest BCUT2D eigenvalue weighted by Gasteiger charge is -2.38. The number of carbonyl (C=O) groups is 4. The number of imide groups is 1. The number of nitrogens with one attached hydrogen (secondary N) is 1. The SMILES string of the molecule is CCNC(=O)CC1(C(=O)OC)C(=O)N(C)C(=O)c2ccc(Cl)cc21. The molecule has 0 saturated carbocycles. The summed E-state index contributed by atoms with van der Waals surface area (Å²) >= 11 is 5.99. The van der Waals surface area contributed by atoms with Crippen LogP contribution in [0.5, 0.6) is 0 Å². The van der Waals surface area contributed by atoms with E-state index in [-0.39, 0.29) is 16.1 Å². The first-order valence-corrected chi connectivity index (χ1v) is 7.65. The Morgan fingerprint density at radius 2 is 2.00 bits per heavy atom. The van der Waals surface area contributed by atoms with Crippen molar-refractivity contribution in [3.63, 3.8) is 0 Å². The van der Waals surface area contributed by atoms with Gasteiger partial charge in [-0.3, -0.25) is 24.1 Å². The van der Waals surface area contributed by atoms with Crippen LogP contribution < -0.4 is 5.32 Å². The molecule has 3 amide bonds. The van der Waals surface area contributed by atoms with Gasteiger partial charge in [-0.2, -0.15) is 0 Å². The number of halogens is 1. The molecule has 7 nitrogen and oxygen atoms in total. The van der Waals surface area contributed by atoms with Gasteiger partial charge in [-0.15, -0.1) is 0 Å². The zero-order valence-corrected chi connectivity index (χ0v) is 14.3. The lowest BCUT2D eigenvalue weighted by molar-refractivity contribution is -0.158. The number of ether oxygens (including phenoxy) is 1. The second-order valence-corrected chi connectivity index (χ2v) is 5.82. The first-order valence-electron chi connectivity index (χ1n) is 7.27. The third kappa shape index (κ3) is 2.65. The van der Waals surface area contributed by atoms with Crippen LogP contribution in [0.2, 0.25) is 5.02 Å². The smallest absolute Gasteiger partial charge is 0.326 e. The van der Waals surface area contributed by atoms with E-state index in [0.29, 0.717) is 6.54 Å². The van der Waals surface area contributed by atoms with E-state index in [4.69, 9.17) is 16.3 Å². The molecule has 0 bridgehead atoms. The third-order valence-electron chi connectivity index (χ3n) is 3.98. The van der Waals surface area contributed by atoms with Crippen molar-refractivity contribution in [2.24, 2.45) is 0 Å². The predicted octanol–water partition coefficient (Wildman–Crippen LogP) is 0.889. The molecule has 1 unspecified atom stereocenters. The molecule has 1 aromatic rings. The summed E-state index contributed by atoms with van der Waals surface area (Å²) in [5.74, 6) is -2.81. The number of benzene rings is 1. The molecule has 128 valence electrons. The van der Waals surface area contributed by atoms with Gasteiger partial charge in [-0.1, -0.05) is 11.6 Å². The Hall–Kier alpha value is -2.41. The summed E-state index contributed by atoms with van der Waals surface area (Å²) in [5.41, 5.74) is -1.73. The van der Waals surface area contributed by atoms with Gasteiger partial charge < -0.3 is 10.1 Å². The average Bonchev–Trinajstić information content (AvgIpc) is 2.56. The van der Waals surface area contributed by atoms with Crippen molar-refractivity contribution in [3.05, 3.63) is 34.3 Å². The number of hydrogen-bond donors (Lipinski definition) is 1. The van der Waals surface area contributed by atoms with Gasteiger partial charge in [-0.25, -0.2) is 0 Å². The molecule has 1 N–H and O–H groups in total. The molecule has 1 atom stereocenters. The molecular weight excluding hydrogens is 336 g/mol. The minimum atomic E-state index is -1.95. The van der Waals surface area contributed by atoms with E-state index in [2.05, 4.69) is 5.32 Å². The molecule has 0 saturated heterocycles. The van der Waals surface area contributed by atoms with Crippen LogP contribution >= 0.6 is 11.6 Å². The minimum Gasteiger partial charge on any atom is -0.468 e. The fourth-order valence-corrected chi connectivity index (χ4v) is 3.02. The zero-order chi connectivity index (χ0) is 18.1. The van der Waals surface area contributed by atoms with Gasteiger partial charge in [0.05, 0.1) is 13.5 Å². The largest absolute Gasteiger partial charge is 0.468 e. The van der Waals surface area contributed by atoms with Gasteiger partial charge in [0.2, 0.25) is 5.91 Å². The standard InChI is InChI=1S/C16H17ClN2O5/c1-4-18-12(20)8-16(15(23)24-3)11-7-9(17)5-6-10(11)13(21)19(2)14(16)22/h5-7H,4,8H2,1-3H3,(H,18,20). The van der Waals surface area contributed by atoms with E-state index < -0.39 is 35.5 Å². The quantitative estimate of drug-likeness (QED) is 0.493. The molecule has 1 aliphatic rings. The maximum absolute atomic E-state index is 12.9. The number of likely N-dealkylation sites (N-methyl/N-ethyl adjacent to an activating group) is 1. The monoisotopic (exact) mass is 352 g/mol. The molecule has 0 aliphatic carbocycles. The Labute approximate surface area is 143 Å². The molecule has 1 aliphatic heterocycles. The Morgan fingerprint density at radius 3 is 2.58 bits per heavy atom. The van der Waals surface area contributed by atoms with E-state index >= 15 is 0 Å². The van der Waals surface area contributed by atoms with Gasteiger partial charge >= 0.3 is 5.97 Å². The number of hydrogen-bond acceptors (Lipinski definition) is 5. The first kappa shape index (κ1) is 17.9. The highest BCUT2D eigenvalue weighted by atomic mass is 35.5. The molecule has 8 heteroatoms. The summed E-state index contributed by atoms with van der Waals surface area (Å²) in [5, 5.41) is 2.79. The van der Waals surface area contributed by atoms with E-state index in [9.17, 15) is 19.2 Å². The summed E-state index contributed by atoms with van der Waals surface area (Å²) in [7, 11) is 2.38. The lowest BCUT2D eigenvalue weighted by Crippen LogP contribution is -2.58. The third-order valence-corrected chi connectivity index (χ3v) is 4.21. The summed E-state index contributed by atoms with van der Waals surface area (Å²) in [4.78, 5) is 50.8. The van der Waals surface area contributed by atoms with Crippen LogP contribution in [0.4, 0.5) is 0 Å². The molecule has 0 radical (unpaired) electrons. The fraction of sp³-hybridized carbons (Fsp3) is 0.375. The summed E-state index contributed by atoms with van der Waals surface area (Å²) < 4.78 is 4.80. The highest BCUT2D eigenvalue weighted by Crippen LogP contribution is 2.39. The lowest BCUT2D eigenvalue weighted by atomic mass is 9.71. The summed E-state index contributed by atoms with van der Waals surface area (Å²) in [6.07, 6.45) is -0.475. The summed E-state index contributed by atoms with van der Waals surface area (Å²) in [6.45, 7) is 2.05. The van der Waals surface area contributed by atoms with E-state index in [1.165, 1.54) is 25.2 Å². The van der Waals surface area contributed by atoms with Crippen LogP contribution in [0.25, 0.3) is 0 Å². The van der Waals surface area contributed by atoms with Crippen LogP contribution in [-0.4, -0.2) is 49.3 Å². The number of fused-ring (bicyclic) bond motifs is 1. The Bertz CT molecular complexity index is 733. The van der Waals surface area contributed by atoms with Crippen LogP contribution in [0.15, 0.2) is 18.2 Å². The average molecular weight is 353 g/mol. The first-order chi connectivity index (χ1) is 11.3. The van der Waals surface area contributed by atoms with Gasteiger partial charge in [0.1, 0.15) is 0 Å². The van der Waals surface area contributed by atoms with Crippen molar-refractivity contribution in [1.29, 1.82) is 0 Å². The second-order valence-electron chi connectivity index (χ2n) is 5.39. The normalized spacial score (nSPS) is 19.8. The van der Waals surface area contributed by atoms with Gasteiger partial charge in [0.25, 0.3) is 11.8 Å². The van der Waals surface area contributed by atoms with E-state index in [0.717, 1.165) is 12.0 Å². The van der Waals surface area contributed by atoms with Crippen LogP contribution in [0.1, 0.15) is 29.3 Å².